The first-order chi connectivity index (χ1) is 66.7. The van der Waals surface area contributed by atoms with Crippen molar-refractivity contribution in [2.24, 2.45) is 76.6 Å². The summed E-state index contributed by atoms with van der Waals surface area (Å²) in [7, 11) is 0. The van der Waals surface area contributed by atoms with Gasteiger partial charge in [0, 0.05) is 76.9 Å². The summed E-state index contributed by atoms with van der Waals surface area (Å²) in [6.45, 7) is 35.8. The van der Waals surface area contributed by atoms with Crippen LogP contribution >= 0.6 is 0 Å². The van der Waals surface area contributed by atoms with Crippen LogP contribution in [0.3, 0.4) is 0 Å². The summed E-state index contributed by atoms with van der Waals surface area (Å²) in [4.78, 5) is 85.9. The molecule has 2 aromatic rings. The quantitative estimate of drug-likeness (QED) is 0.0761. The molecule has 56 heteroatoms. The summed E-state index contributed by atoms with van der Waals surface area (Å²) in [5.41, 5.74) is 13.8. The topological polar surface area (TPSA) is 293 Å². The zero-order valence-electron chi connectivity index (χ0n) is 97.1. The standard InChI is InChI=1S/C26H38F3N3O4.C21H30F3N3O2.C16H27F3N2O3.C11H19F3N2O.C11H21F3N2.C6H10F3N.CH4.15K.3H/c1-16(2)21(15-31-10-8-19(9-11-31)26(27,28)29)30-23(34)22-13-17-6-7-20(33)12-18(17)14-32(22)24(35)36-25(3,4)5;1-13(2)19(12-27-7-5-16(6-8-27)21(22,23)24)26-20(29)18-10-14-3-4-17(28)9-15(14)11-25-18;1-10(2)12(20-14(23)24-15(3,4)5)13(22)21-8-6-11(7-9-21)16(17,18)19;1-7(2)9(15)10(17)16-5-3-8(4-6-16)11(12,13)14;1-8(2)10(15)7-16-5-3-9(4-6-16)11(12,13)14;7-6(8,9)5-1-3-10-4-2-5;;;;;;;;;;;;;;;;;;;/h6-7,12,16,19,21-22,33H,8-11,13-15H2,1-5H3,(H,30,34);3-4,9,13,16,18-19,25,28H,5-8,10-12H2,1-2H3,(H,26,29);10-12H,6-9H2,1-5H3,(H,20,23);7-9H,3-6,15H2,1-2H3;8-10H,3-7,15H2,1-2H3;5,10H,1-4H2;1H4;;;;;;;;;;;;;;;;;;/q;;;;;;;;;;;;;;;;;;;3*+1;3*-1/t21-,22-;18-,19-;12-;9-;10-;;;;;;;;;;;;;;;;;;;;/m11001..................../s1. The van der Waals surface area contributed by atoms with E-state index in [1.165, 1.54) is 394 Å². The molecular formula is C92H152F18K15N13O10. The molecular weight excluding hydrogens is 2380 g/mol. The Morgan fingerprint density at radius 1 is 0.405 bits per heavy atom. The van der Waals surface area contributed by atoms with E-state index in [2.05, 4.69) is 26.6 Å². The molecule has 6 saturated heterocycles. The van der Waals surface area contributed by atoms with Crippen LogP contribution < -0.4 is 192 Å². The van der Waals surface area contributed by atoms with Gasteiger partial charge in [-0.2, -0.15) is 79.0 Å². The number of carbonyl (C=O) groups excluding carboxylic acids is 6. The van der Waals surface area contributed by atoms with Crippen molar-refractivity contribution in [3.8, 4) is 11.5 Å². The van der Waals surface area contributed by atoms with Gasteiger partial charge in [-0.3, -0.25) is 24.1 Å². The van der Waals surface area contributed by atoms with E-state index >= 15 is 0 Å². The van der Waals surface area contributed by atoms with E-state index < -0.39 is 114 Å². The molecule has 0 spiro atoms. The third-order valence-corrected chi connectivity index (χ3v) is 25.3. The first-order valence-corrected chi connectivity index (χ1v) is 148. The number of ether oxygens (including phenoxy) is 2. The number of nitrogens with two attached hydrogens (primary N) is 2. The van der Waals surface area contributed by atoms with Crippen molar-refractivity contribution in [2.75, 3.05) is 98.2 Å². The number of hydrogen-bond acceptors (Lipinski definition) is 17. The second-order valence-electron chi connectivity index (χ2n) is 39.8. The van der Waals surface area contributed by atoms with Crippen LogP contribution in [0.5, 0.6) is 11.5 Å². The average molecular weight is 2530 g/mol. The summed E-state index contributed by atoms with van der Waals surface area (Å²) in [5.74, 6) is -7.64. The number of benzene rings is 2. The predicted octanol–water partition coefficient (Wildman–Crippen LogP) is 3.61. The van der Waals surface area contributed by atoms with E-state index in [-0.39, 0.29) is 365 Å². The van der Waals surface area contributed by atoms with Gasteiger partial charge in [-0.1, -0.05) is 88.8 Å². The van der Waals surface area contributed by atoms with Gasteiger partial charge in [0.2, 0.25) is 23.6 Å². The van der Waals surface area contributed by atoms with Gasteiger partial charge < -0.3 is 86.5 Å². The Hall–Kier alpha value is 17.5. The number of likely N-dealkylation sites (tertiary alicyclic amines) is 5. The molecule has 0 unspecified atom stereocenters. The van der Waals surface area contributed by atoms with Crippen LogP contribution in [-0.2, 0) is 54.6 Å². The number of amides is 6. The molecule has 10 rings (SSSR count). The van der Waals surface area contributed by atoms with Crippen molar-refractivity contribution in [3.63, 3.8) is 0 Å². The van der Waals surface area contributed by atoms with E-state index in [1.54, 1.807) is 85.7 Å². The van der Waals surface area contributed by atoms with Crippen LogP contribution in [0, 0.1) is 65.1 Å². The monoisotopic (exact) mass is 2530 g/mol. The number of halogens is 18. The van der Waals surface area contributed by atoms with E-state index in [9.17, 15) is 118 Å². The molecule has 11 N–H and O–H groups in total. The average Bonchev–Trinajstić information content (AvgIpc) is 0.782. The van der Waals surface area contributed by atoms with Crippen molar-refractivity contribution in [3.05, 3.63) is 58.7 Å². The first-order valence-electron chi connectivity index (χ1n) is 52.0. The van der Waals surface area contributed by atoms with Crippen molar-refractivity contribution in [2.45, 2.75) is 312 Å². The molecule has 148 heavy (non-hydrogen) atoms. The van der Waals surface area contributed by atoms with Gasteiger partial charge in [-0.15, -0.1) is 0 Å². The summed E-state index contributed by atoms with van der Waals surface area (Å²) in [5, 5.41) is 34.3. The predicted molar refractivity (Wildman–Crippen MR) is 544 cm³/mol. The van der Waals surface area contributed by atoms with Crippen molar-refractivity contribution in [1.82, 2.24) is 56.0 Å². The van der Waals surface area contributed by atoms with E-state index in [0.717, 1.165) is 22.3 Å². The van der Waals surface area contributed by atoms with Gasteiger partial charge in [0.1, 0.15) is 34.8 Å². The molecule has 0 aromatic heterocycles. The van der Waals surface area contributed by atoms with Gasteiger partial charge in [-0.25, -0.2) is 9.59 Å². The van der Waals surface area contributed by atoms with Crippen LogP contribution in [0.2, 0.25) is 0 Å². The fraction of sp³-hybridized carbons (Fsp3) is 0.804. The number of rotatable bonds is 18. The van der Waals surface area contributed by atoms with Gasteiger partial charge in [0.05, 0.1) is 54.1 Å². The Bertz CT molecular complexity index is 3940. The molecule has 6 amide bonds. The normalized spacial score (nSPS) is 19.1. The Balaban J connectivity index is -0.000000229. The van der Waals surface area contributed by atoms with Crippen molar-refractivity contribution in [1.29, 1.82) is 0 Å². The van der Waals surface area contributed by atoms with Crippen LogP contribution in [0.1, 0.15) is 222 Å². The SMILES string of the molecule is C.CC(C)[C@@H](CN1CCC(C(F)(F)F)CC1)NC(=O)[C@H]1Cc2ccc(O)cc2CN1.CC(C)[C@@H](CN1CCC(C(F)(F)F)CC1)NC(=O)[C@H]1Cc2ccc(O)cc2CN1C(=O)OC(C)(C)C.CC(C)[C@H](N)C(=O)N1CCC(C(F)(F)F)CC1.CC(C)[C@H](N)CN1CCC(C(F)(F)F)CC1.CC(C)[C@H](NC(=O)OC(C)(C)C)C(=O)N1CCC(C(F)(F)F)CC1.FC(F)(F)C1CCNCC1.[H-].[H-].[H-].[K+].[K+].[K+].[K][K].[K][K].[K][K].[K][K].[K][K].[K][K]. The third kappa shape index (κ3) is 74.6. The zero-order valence-corrected chi connectivity index (χ0v) is 141. The third-order valence-electron chi connectivity index (χ3n) is 25.3. The van der Waals surface area contributed by atoms with E-state index in [0.29, 0.717) is 90.9 Å². The molecule has 0 bridgehead atoms. The van der Waals surface area contributed by atoms with Gasteiger partial charge >= 0.3 is 582 Å². The number of fused-ring (bicyclic) bond motifs is 2. The van der Waals surface area contributed by atoms with Crippen LogP contribution in [0.15, 0.2) is 36.4 Å². The fourth-order valence-corrected chi connectivity index (χ4v) is 16.5. The Kier molecular flexibility index (Phi) is 111. The number of alkyl halides is 18. The molecule has 786 valence electrons. The fourth-order valence-electron chi connectivity index (χ4n) is 16.5. The number of piperidine rings is 6. The maximum absolute atomic E-state index is 13.5. The van der Waals surface area contributed by atoms with Gasteiger partial charge in [-0.05, 0) is 253 Å². The van der Waals surface area contributed by atoms with Gasteiger partial charge in [0.25, 0.3) is 0 Å². The maximum atomic E-state index is 13.5. The van der Waals surface area contributed by atoms with Crippen molar-refractivity contribution < 1.29 is 286 Å². The number of nitrogens with one attached hydrogen (secondary N) is 5. The van der Waals surface area contributed by atoms with Crippen LogP contribution in [0.4, 0.5) is 88.6 Å². The Morgan fingerprint density at radius 2 is 0.716 bits per heavy atom. The summed E-state index contributed by atoms with van der Waals surface area (Å²) < 4.78 is 237. The molecule has 8 aliphatic heterocycles. The molecule has 6 fully saturated rings. The minimum atomic E-state index is -4.22. The number of phenols is 2. The number of hydrogen-bond donors (Lipinski definition) is 9. The summed E-state index contributed by atoms with van der Waals surface area (Å²) >= 11 is 15.0. The van der Waals surface area contributed by atoms with Crippen LogP contribution in [0.25, 0.3) is 0 Å². The summed E-state index contributed by atoms with van der Waals surface area (Å²) in [6.07, 6.45) is -24.1. The molecule has 0 saturated carbocycles. The molecule has 0 radical (unpaired) electrons. The zero-order chi connectivity index (χ0) is 112. The summed E-state index contributed by atoms with van der Waals surface area (Å²) in [6, 6.07) is 7.12. The van der Waals surface area contributed by atoms with Gasteiger partial charge in [0.15, 0.2) is 0 Å². The molecule has 8 heterocycles. The second-order valence-corrected chi connectivity index (χ2v) is 39.8. The number of aromatic hydroxyl groups is 2. The Morgan fingerprint density at radius 3 is 1.03 bits per heavy atom. The molecule has 0 aliphatic carbocycles. The molecule has 2 aromatic carbocycles. The molecule has 23 nitrogen and oxygen atoms in total. The van der Waals surface area contributed by atoms with Crippen molar-refractivity contribution >= 4 is 415 Å². The van der Waals surface area contributed by atoms with Crippen LogP contribution in [-0.4, -0.2) is 643 Å². The Labute approximate surface area is 1270 Å². The first kappa shape index (κ1) is 176. The number of carbonyl (C=O) groups is 6. The number of phenolic OH excluding ortho intramolecular Hbond substituents is 2. The number of alkyl carbamates (subject to hydrolysis) is 1. The minimum absolute atomic E-state index is 0. The molecule has 7 atom stereocenters. The number of nitrogens with zero attached hydrogens (tertiary/aromatic N) is 6. The second kappa shape index (κ2) is 92.9. The molecule has 8 aliphatic rings. The van der Waals surface area contributed by atoms with E-state index in [4.69, 9.17) is 20.9 Å². The van der Waals surface area contributed by atoms with E-state index in [1.807, 2.05) is 76.2 Å².